The molecule has 5 heteroatoms. The molecule has 0 aromatic carbocycles. The van der Waals surface area contributed by atoms with Crippen molar-refractivity contribution in [3.05, 3.63) is 11.6 Å². The Balaban J connectivity index is 1.24. The maximum Gasteiger partial charge on any atom is 0.109 e. The maximum absolute atomic E-state index is 10.6. The smallest absolute Gasteiger partial charge is 0.109 e. The van der Waals surface area contributed by atoms with E-state index in [2.05, 4.69) is 47.6 Å². The average Bonchev–Trinajstić information content (AvgIpc) is 3.30. The first-order valence-corrected chi connectivity index (χ1v) is 17.4. The monoisotopic (exact) mass is 574 g/mol. The molecule has 14 atom stereocenters. The number of hydrogen-bond donors (Lipinski definition) is 4. The number of hydrogen-bond acceptors (Lipinski definition) is 5. The summed E-state index contributed by atoms with van der Waals surface area (Å²) in [6, 6.07) is 0. The van der Waals surface area contributed by atoms with Gasteiger partial charge in [-0.1, -0.05) is 66.0 Å². The molecule has 4 saturated carbocycles. The quantitative estimate of drug-likeness (QED) is 0.236. The van der Waals surface area contributed by atoms with Crippen molar-refractivity contribution in [2.45, 2.75) is 149 Å². The van der Waals surface area contributed by atoms with Crippen LogP contribution in [-0.4, -0.2) is 57.6 Å². The van der Waals surface area contributed by atoms with Crippen molar-refractivity contribution >= 4 is 0 Å². The van der Waals surface area contributed by atoms with Crippen LogP contribution < -0.4 is 0 Å². The predicted molar refractivity (Wildman–Crippen MR) is 164 cm³/mol. The maximum atomic E-state index is 10.6. The van der Waals surface area contributed by atoms with E-state index in [4.69, 9.17) is 4.74 Å². The van der Waals surface area contributed by atoms with Crippen molar-refractivity contribution in [3.8, 4) is 0 Å². The number of ether oxygens (including phenoxy) is 1. The number of aliphatic hydroxyl groups excluding tert-OH is 4. The van der Waals surface area contributed by atoms with Gasteiger partial charge < -0.3 is 25.2 Å². The van der Waals surface area contributed by atoms with Gasteiger partial charge in [-0.25, -0.2) is 0 Å². The van der Waals surface area contributed by atoms with Crippen LogP contribution in [-0.2, 0) is 4.74 Å². The Morgan fingerprint density at radius 2 is 1.68 bits per heavy atom. The fourth-order valence-electron chi connectivity index (χ4n) is 11.2. The molecular weight excluding hydrogens is 512 g/mol. The summed E-state index contributed by atoms with van der Waals surface area (Å²) in [5, 5.41) is 40.8. The van der Waals surface area contributed by atoms with Crippen molar-refractivity contribution in [1.29, 1.82) is 0 Å². The van der Waals surface area contributed by atoms with E-state index in [0.29, 0.717) is 11.8 Å². The molecule has 4 fully saturated rings. The van der Waals surface area contributed by atoms with E-state index in [1.54, 1.807) is 5.57 Å². The van der Waals surface area contributed by atoms with Crippen LogP contribution in [0, 0.1) is 58.2 Å². The van der Waals surface area contributed by atoms with Gasteiger partial charge in [0.15, 0.2) is 0 Å². The summed E-state index contributed by atoms with van der Waals surface area (Å²) in [7, 11) is 0. The van der Waals surface area contributed by atoms with Crippen LogP contribution in [0.4, 0.5) is 0 Å². The Morgan fingerprint density at radius 1 is 0.927 bits per heavy atom. The first-order valence-electron chi connectivity index (χ1n) is 17.4. The molecule has 0 aliphatic heterocycles. The van der Waals surface area contributed by atoms with Gasteiger partial charge in [0, 0.05) is 12.5 Å². The molecule has 0 amide bonds. The van der Waals surface area contributed by atoms with Crippen molar-refractivity contribution in [2.75, 3.05) is 6.61 Å². The van der Waals surface area contributed by atoms with Gasteiger partial charge in [0.1, 0.15) is 12.2 Å². The molecule has 0 aromatic heterocycles. The van der Waals surface area contributed by atoms with E-state index in [-0.39, 0.29) is 18.1 Å². The third-order valence-electron chi connectivity index (χ3n) is 14.0. The van der Waals surface area contributed by atoms with Gasteiger partial charge in [0.25, 0.3) is 0 Å². The molecular formula is C36H62O5. The Labute approximate surface area is 250 Å². The zero-order chi connectivity index (χ0) is 29.7. The molecule has 0 aromatic rings. The van der Waals surface area contributed by atoms with Gasteiger partial charge in [-0.15, -0.1) is 0 Å². The highest BCUT2D eigenvalue weighted by molar-refractivity contribution is 5.25. The molecule has 5 nitrogen and oxygen atoms in total. The average molecular weight is 575 g/mol. The molecule has 5 aliphatic carbocycles. The number of aliphatic hydroxyl groups is 4. The lowest BCUT2D eigenvalue weighted by atomic mass is 9.47. The Bertz CT molecular complexity index is 916. The number of allylic oxidation sites excluding steroid dienone is 1. The van der Waals surface area contributed by atoms with Crippen LogP contribution in [0.3, 0.4) is 0 Å². The topological polar surface area (TPSA) is 90.2 Å². The lowest BCUT2D eigenvalue weighted by Gasteiger charge is -2.58. The lowest BCUT2D eigenvalue weighted by molar-refractivity contribution is -0.194. The van der Waals surface area contributed by atoms with Gasteiger partial charge in [0.2, 0.25) is 0 Å². The van der Waals surface area contributed by atoms with Crippen molar-refractivity contribution in [1.82, 2.24) is 0 Å². The highest BCUT2D eigenvalue weighted by atomic mass is 16.5. The second kappa shape index (κ2) is 12.5. The second-order valence-electron chi connectivity index (χ2n) is 16.1. The minimum atomic E-state index is -1.27. The second-order valence-corrected chi connectivity index (χ2v) is 16.1. The summed E-state index contributed by atoms with van der Waals surface area (Å²) in [4.78, 5) is 0. The van der Waals surface area contributed by atoms with Crippen LogP contribution >= 0.6 is 0 Å². The Kier molecular flexibility index (Phi) is 9.74. The summed E-state index contributed by atoms with van der Waals surface area (Å²) in [5.41, 5.74) is 2.30. The largest absolute Gasteiger partial charge is 0.396 e. The molecule has 0 bridgehead atoms. The van der Waals surface area contributed by atoms with Crippen molar-refractivity contribution in [3.63, 3.8) is 0 Å². The summed E-state index contributed by atoms with van der Waals surface area (Å²) < 4.78 is 6.44. The van der Waals surface area contributed by atoms with E-state index >= 15 is 0 Å². The lowest BCUT2D eigenvalue weighted by Crippen LogP contribution is -2.56. The number of fused-ring (bicyclic) bond motifs is 5. The van der Waals surface area contributed by atoms with Crippen LogP contribution in [0.15, 0.2) is 11.6 Å². The molecule has 0 heterocycles. The van der Waals surface area contributed by atoms with Gasteiger partial charge in [0.05, 0.1) is 18.3 Å². The van der Waals surface area contributed by atoms with Crippen LogP contribution in [0.5, 0.6) is 0 Å². The van der Waals surface area contributed by atoms with Crippen LogP contribution in [0.25, 0.3) is 0 Å². The van der Waals surface area contributed by atoms with Crippen LogP contribution in [0.1, 0.15) is 119 Å². The SMILES string of the molecule is CC[C@H](CC[C@@H](C)[C@H]1CC[C@H]2[C@@H]3CC=C4C[C@@H](O[C@@H]5C[C@H](CO)[C@@H](O)[C@H](O)[C@H]5O)CC[C@]4(C)[C@H]3CC[C@]12C)C(C)C. The molecule has 5 aliphatic rings. The van der Waals surface area contributed by atoms with E-state index < -0.39 is 30.3 Å². The highest BCUT2D eigenvalue weighted by Gasteiger charge is 2.59. The van der Waals surface area contributed by atoms with Crippen molar-refractivity contribution < 1.29 is 25.2 Å². The molecule has 41 heavy (non-hydrogen) atoms. The molecule has 0 unspecified atom stereocenters. The molecule has 4 N–H and O–H groups in total. The Morgan fingerprint density at radius 3 is 2.37 bits per heavy atom. The molecule has 236 valence electrons. The van der Waals surface area contributed by atoms with E-state index in [9.17, 15) is 20.4 Å². The zero-order valence-corrected chi connectivity index (χ0v) is 27.0. The van der Waals surface area contributed by atoms with E-state index in [1.165, 1.54) is 51.4 Å². The van der Waals surface area contributed by atoms with Gasteiger partial charge >= 0.3 is 0 Å². The summed E-state index contributed by atoms with van der Waals surface area (Å²) in [6.45, 7) is 14.8. The zero-order valence-electron chi connectivity index (χ0n) is 27.0. The first-order chi connectivity index (χ1) is 19.4. The van der Waals surface area contributed by atoms with Gasteiger partial charge in [-0.3, -0.25) is 0 Å². The van der Waals surface area contributed by atoms with E-state index in [1.807, 2.05) is 0 Å². The molecule has 0 saturated heterocycles. The fourth-order valence-corrected chi connectivity index (χ4v) is 11.2. The van der Waals surface area contributed by atoms with Gasteiger partial charge in [-0.05, 0) is 116 Å². The molecule has 0 spiro atoms. The van der Waals surface area contributed by atoms with Gasteiger partial charge in [-0.2, -0.15) is 0 Å². The Hall–Kier alpha value is -0.460. The summed E-state index contributed by atoms with van der Waals surface area (Å²) in [5.74, 6) is 5.32. The number of rotatable bonds is 9. The fraction of sp³-hybridized carbons (Fsp3) is 0.944. The summed E-state index contributed by atoms with van der Waals surface area (Å²) in [6.07, 6.45) is 12.8. The van der Waals surface area contributed by atoms with Crippen LogP contribution in [0.2, 0.25) is 0 Å². The highest BCUT2D eigenvalue weighted by Crippen LogP contribution is 2.67. The third-order valence-corrected chi connectivity index (χ3v) is 14.0. The van der Waals surface area contributed by atoms with Crippen molar-refractivity contribution in [2.24, 2.45) is 58.2 Å². The summed E-state index contributed by atoms with van der Waals surface area (Å²) >= 11 is 0. The van der Waals surface area contributed by atoms with E-state index in [0.717, 1.165) is 60.7 Å². The minimum Gasteiger partial charge on any atom is -0.396 e. The molecule has 0 radical (unpaired) electrons. The normalized spacial score (nSPS) is 47.7. The first kappa shape index (κ1) is 31.9. The minimum absolute atomic E-state index is 0.0238. The standard InChI is InChI=1S/C36H62O5/c1-7-23(21(2)3)9-8-22(4)28-12-13-29-27-11-10-25-19-26(14-16-35(25,5)30(27)15-17-36(28,29)6)41-31-18-24(20-37)32(38)34(40)33(31)39/h10,21-24,26-34,37-40H,7-9,11-20H2,1-6H3/t22-,23-,24-,26+,27+,28-,29+,30+,31-,32-,33+,34+,35+,36-/m1/s1. The predicted octanol–water partition coefficient (Wildman–Crippen LogP) is 6.51. The molecule has 5 rings (SSSR count). The third kappa shape index (κ3) is 5.74.